The molecule has 0 spiro atoms. The van der Waals surface area contributed by atoms with E-state index in [2.05, 4.69) is 34.2 Å². The van der Waals surface area contributed by atoms with Crippen molar-refractivity contribution in [3.05, 3.63) is 65.6 Å². The van der Waals surface area contributed by atoms with E-state index in [1.807, 2.05) is 34.2 Å². The van der Waals surface area contributed by atoms with E-state index in [9.17, 15) is 0 Å². The Kier molecular flexibility index (Phi) is 4.18. The summed E-state index contributed by atoms with van der Waals surface area (Å²) in [7, 11) is 0. The van der Waals surface area contributed by atoms with Crippen LogP contribution in [0.15, 0.2) is 63.9 Å². The Morgan fingerprint density at radius 3 is 2.96 bits per heavy atom. The number of benzene rings is 1. The molecule has 4 rings (SSSR count). The Balaban J connectivity index is 1.52. The molecule has 3 aromatic heterocycles. The molecule has 120 valence electrons. The standard InChI is InChI=1S/C17H14N4OS2/c1-12-5-2-3-6-14(12)21-11-18-20-17(21)24-10-13-9-22-16(19-13)15-7-4-8-23-15/h2-9,11H,10H2,1H3. The van der Waals surface area contributed by atoms with Crippen molar-refractivity contribution in [3.8, 4) is 16.5 Å². The molecule has 0 radical (unpaired) electrons. The van der Waals surface area contributed by atoms with E-state index in [4.69, 9.17) is 4.42 Å². The fraction of sp³-hybridized carbons (Fsp3) is 0.118. The molecule has 0 atom stereocenters. The third kappa shape index (κ3) is 3.00. The highest BCUT2D eigenvalue weighted by Crippen LogP contribution is 2.27. The van der Waals surface area contributed by atoms with E-state index in [1.165, 1.54) is 5.56 Å². The lowest BCUT2D eigenvalue weighted by Crippen LogP contribution is -1.97. The number of aromatic nitrogens is 4. The number of hydrogen-bond acceptors (Lipinski definition) is 6. The number of hydrogen-bond donors (Lipinski definition) is 0. The van der Waals surface area contributed by atoms with Gasteiger partial charge in [0.1, 0.15) is 12.6 Å². The predicted octanol–water partition coefficient (Wildman–Crippen LogP) is 4.58. The van der Waals surface area contributed by atoms with E-state index < -0.39 is 0 Å². The van der Waals surface area contributed by atoms with E-state index in [-0.39, 0.29) is 0 Å². The summed E-state index contributed by atoms with van der Waals surface area (Å²) in [6.45, 7) is 2.08. The molecule has 24 heavy (non-hydrogen) atoms. The molecule has 5 nitrogen and oxygen atoms in total. The molecule has 0 saturated heterocycles. The summed E-state index contributed by atoms with van der Waals surface area (Å²) >= 11 is 3.21. The molecular weight excluding hydrogens is 340 g/mol. The molecule has 0 aliphatic carbocycles. The van der Waals surface area contributed by atoms with Crippen LogP contribution in [0.4, 0.5) is 0 Å². The highest BCUT2D eigenvalue weighted by atomic mass is 32.2. The first-order valence-electron chi connectivity index (χ1n) is 7.38. The maximum Gasteiger partial charge on any atom is 0.236 e. The van der Waals surface area contributed by atoms with Gasteiger partial charge in [0, 0.05) is 5.75 Å². The molecular formula is C17H14N4OS2. The van der Waals surface area contributed by atoms with Gasteiger partial charge < -0.3 is 4.42 Å². The van der Waals surface area contributed by atoms with Crippen molar-refractivity contribution in [2.45, 2.75) is 17.8 Å². The van der Waals surface area contributed by atoms with Crippen molar-refractivity contribution < 1.29 is 4.42 Å². The maximum absolute atomic E-state index is 5.56. The number of para-hydroxylation sites is 1. The van der Waals surface area contributed by atoms with Crippen LogP contribution in [0.2, 0.25) is 0 Å². The van der Waals surface area contributed by atoms with Crippen LogP contribution in [0.5, 0.6) is 0 Å². The number of oxazole rings is 1. The van der Waals surface area contributed by atoms with Gasteiger partial charge in [0.15, 0.2) is 5.16 Å². The summed E-state index contributed by atoms with van der Waals surface area (Å²) in [5.74, 6) is 1.35. The molecule has 4 aromatic rings. The molecule has 3 heterocycles. The number of nitrogens with zero attached hydrogens (tertiary/aromatic N) is 4. The molecule has 0 N–H and O–H groups in total. The van der Waals surface area contributed by atoms with Crippen molar-refractivity contribution in [1.29, 1.82) is 0 Å². The van der Waals surface area contributed by atoms with Crippen LogP contribution in [0.3, 0.4) is 0 Å². The Labute approximate surface area is 147 Å². The van der Waals surface area contributed by atoms with Crippen molar-refractivity contribution in [2.75, 3.05) is 0 Å². The Morgan fingerprint density at radius 2 is 2.12 bits per heavy atom. The Hall–Kier alpha value is -2.38. The van der Waals surface area contributed by atoms with Gasteiger partial charge in [0.25, 0.3) is 0 Å². The fourth-order valence-electron chi connectivity index (χ4n) is 2.35. The summed E-state index contributed by atoms with van der Waals surface area (Å²) in [5.41, 5.74) is 3.16. The third-order valence-corrected chi connectivity index (χ3v) is 5.36. The smallest absolute Gasteiger partial charge is 0.236 e. The van der Waals surface area contributed by atoms with Crippen LogP contribution < -0.4 is 0 Å². The second-order valence-electron chi connectivity index (χ2n) is 5.18. The van der Waals surface area contributed by atoms with Gasteiger partial charge >= 0.3 is 0 Å². The second kappa shape index (κ2) is 6.62. The second-order valence-corrected chi connectivity index (χ2v) is 7.07. The lowest BCUT2D eigenvalue weighted by molar-refractivity contribution is 0.575. The average molecular weight is 354 g/mol. The summed E-state index contributed by atoms with van der Waals surface area (Å²) < 4.78 is 7.56. The first-order chi connectivity index (χ1) is 11.8. The zero-order valence-electron chi connectivity index (χ0n) is 12.9. The quantitative estimate of drug-likeness (QED) is 0.491. The predicted molar refractivity (Wildman–Crippen MR) is 95.5 cm³/mol. The van der Waals surface area contributed by atoms with E-state index in [0.29, 0.717) is 11.6 Å². The topological polar surface area (TPSA) is 56.7 Å². The van der Waals surface area contributed by atoms with Crippen molar-refractivity contribution in [1.82, 2.24) is 19.7 Å². The fourth-order valence-corrected chi connectivity index (χ4v) is 3.80. The zero-order valence-corrected chi connectivity index (χ0v) is 14.5. The Bertz CT molecular complexity index is 943. The molecule has 0 unspecified atom stereocenters. The summed E-state index contributed by atoms with van der Waals surface area (Å²) in [4.78, 5) is 5.57. The lowest BCUT2D eigenvalue weighted by Gasteiger charge is -2.08. The average Bonchev–Trinajstić information content (AvgIpc) is 3.34. The molecule has 0 amide bonds. The normalized spacial score (nSPS) is 11.0. The van der Waals surface area contributed by atoms with Crippen LogP contribution >= 0.6 is 23.1 Å². The summed E-state index contributed by atoms with van der Waals surface area (Å²) in [5, 5.41) is 11.1. The first-order valence-corrected chi connectivity index (χ1v) is 9.25. The van der Waals surface area contributed by atoms with Crippen LogP contribution in [0.1, 0.15) is 11.3 Å². The minimum atomic E-state index is 0.668. The van der Waals surface area contributed by atoms with Gasteiger partial charge in [-0.25, -0.2) is 4.98 Å². The van der Waals surface area contributed by atoms with Gasteiger partial charge in [0.05, 0.1) is 16.3 Å². The molecule has 0 aliphatic rings. The van der Waals surface area contributed by atoms with E-state index >= 15 is 0 Å². The van der Waals surface area contributed by atoms with Gasteiger partial charge in [-0.1, -0.05) is 36.0 Å². The molecule has 0 bridgehead atoms. The van der Waals surface area contributed by atoms with E-state index in [0.717, 1.165) is 21.4 Å². The SMILES string of the molecule is Cc1ccccc1-n1cnnc1SCc1coc(-c2cccs2)n1. The highest BCUT2D eigenvalue weighted by Gasteiger charge is 2.12. The minimum Gasteiger partial charge on any atom is -0.444 e. The van der Waals surface area contributed by atoms with Gasteiger partial charge in [-0.2, -0.15) is 0 Å². The van der Waals surface area contributed by atoms with Gasteiger partial charge in [0.2, 0.25) is 5.89 Å². The lowest BCUT2D eigenvalue weighted by atomic mass is 10.2. The summed E-state index contributed by atoms with van der Waals surface area (Å²) in [6.07, 6.45) is 3.45. The Morgan fingerprint density at radius 1 is 1.21 bits per heavy atom. The van der Waals surface area contributed by atoms with Crippen LogP contribution in [-0.4, -0.2) is 19.7 Å². The molecule has 0 saturated carbocycles. The molecule has 0 fully saturated rings. The third-order valence-electron chi connectivity index (χ3n) is 3.52. The molecule has 7 heteroatoms. The summed E-state index contributed by atoms with van der Waals surface area (Å²) in [6, 6.07) is 12.2. The number of aryl methyl sites for hydroxylation is 1. The van der Waals surface area contributed by atoms with Crippen LogP contribution in [0.25, 0.3) is 16.5 Å². The minimum absolute atomic E-state index is 0.668. The maximum atomic E-state index is 5.56. The van der Waals surface area contributed by atoms with Crippen molar-refractivity contribution in [2.24, 2.45) is 0 Å². The monoisotopic (exact) mass is 354 g/mol. The van der Waals surface area contributed by atoms with Gasteiger partial charge in [-0.15, -0.1) is 21.5 Å². The number of thiophene rings is 1. The number of rotatable bonds is 5. The highest BCUT2D eigenvalue weighted by molar-refractivity contribution is 7.98. The molecule has 1 aromatic carbocycles. The van der Waals surface area contributed by atoms with Crippen molar-refractivity contribution in [3.63, 3.8) is 0 Å². The largest absolute Gasteiger partial charge is 0.444 e. The van der Waals surface area contributed by atoms with Gasteiger partial charge in [-0.3, -0.25) is 4.57 Å². The number of thioether (sulfide) groups is 1. The first kappa shape index (κ1) is 15.2. The van der Waals surface area contributed by atoms with Crippen molar-refractivity contribution >= 4 is 23.1 Å². The van der Waals surface area contributed by atoms with Crippen LogP contribution in [-0.2, 0) is 5.75 Å². The van der Waals surface area contributed by atoms with Gasteiger partial charge in [-0.05, 0) is 30.0 Å². The molecule has 0 aliphatic heterocycles. The van der Waals surface area contributed by atoms with E-state index in [1.54, 1.807) is 35.7 Å². The zero-order chi connectivity index (χ0) is 16.4. The van der Waals surface area contributed by atoms with Crippen LogP contribution in [0, 0.1) is 6.92 Å².